The molecule has 0 radical (unpaired) electrons. The predicted molar refractivity (Wildman–Crippen MR) is 53.5 cm³/mol. The average molecular weight is 220 g/mol. The second-order valence-corrected chi connectivity index (χ2v) is 4.32. The molecule has 3 aliphatic rings. The molecule has 4 heteroatoms. The van der Waals surface area contributed by atoms with Crippen LogP contribution in [0, 0.1) is 0 Å². The molecule has 3 saturated heterocycles. The molecule has 3 aliphatic heterocycles. The fourth-order valence-electron chi connectivity index (χ4n) is 2.54. The first-order valence-corrected chi connectivity index (χ1v) is 5.55. The summed E-state index contributed by atoms with van der Waals surface area (Å²) in [4.78, 5) is 0. The van der Waals surface area contributed by atoms with Crippen molar-refractivity contribution in [2.24, 2.45) is 0 Å². The SMILES string of the molecule is c1ccc(C2OC3C4COC(O4)C3O2)cc1. The van der Waals surface area contributed by atoms with Gasteiger partial charge in [0, 0.05) is 5.56 Å². The first-order valence-electron chi connectivity index (χ1n) is 5.55. The van der Waals surface area contributed by atoms with Gasteiger partial charge in [-0.2, -0.15) is 0 Å². The third kappa shape index (κ3) is 1.18. The average Bonchev–Trinajstić information content (AvgIpc) is 3.02. The summed E-state index contributed by atoms with van der Waals surface area (Å²) >= 11 is 0. The normalized spacial score (nSPS) is 44.9. The molecule has 0 aliphatic carbocycles. The van der Waals surface area contributed by atoms with E-state index in [9.17, 15) is 0 Å². The lowest BCUT2D eigenvalue weighted by Crippen LogP contribution is -2.37. The molecule has 4 rings (SSSR count). The quantitative estimate of drug-likeness (QED) is 0.713. The van der Waals surface area contributed by atoms with Crippen molar-refractivity contribution in [3.63, 3.8) is 0 Å². The van der Waals surface area contributed by atoms with Crippen LogP contribution in [-0.2, 0) is 18.9 Å². The van der Waals surface area contributed by atoms with Gasteiger partial charge in [0.05, 0.1) is 6.61 Å². The van der Waals surface area contributed by atoms with Crippen molar-refractivity contribution in [1.29, 1.82) is 0 Å². The maximum absolute atomic E-state index is 5.88. The number of hydrogen-bond acceptors (Lipinski definition) is 4. The molecule has 16 heavy (non-hydrogen) atoms. The molecule has 1 aromatic rings. The molecule has 3 fully saturated rings. The zero-order chi connectivity index (χ0) is 10.5. The third-order valence-electron chi connectivity index (χ3n) is 3.33. The third-order valence-corrected chi connectivity index (χ3v) is 3.33. The fraction of sp³-hybridized carbons (Fsp3) is 0.500. The standard InChI is InChI=1S/C12H12O4/c1-2-4-7(5-3-1)11-15-9-8-6-13-12(14-8)10(9)16-11/h1-5,8-12H,6H2. The monoisotopic (exact) mass is 220 g/mol. The van der Waals surface area contributed by atoms with Gasteiger partial charge in [-0.15, -0.1) is 0 Å². The molecule has 0 saturated carbocycles. The van der Waals surface area contributed by atoms with Crippen molar-refractivity contribution in [3.8, 4) is 0 Å². The molecule has 4 nitrogen and oxygen atoms in total. The topological polar surface area (TPSA) is 36.9 Å². The molecular formula is C12H12O4. The summed E-state index contributed by atoms with van der Waals surface area (Å²) in [5.41, 5.74) is 1.05. The number of hydrogen-bond donors (Lipinski definition) is 0. The van der Waals surface area contributed by atoms with E-state index in [4.69, 9.17) is 18.9 Å². The molecule has 1 aromatic carbocycles. The van der Waals surface area contributed by atoms with Gasteiger partial charge < -0.3 is 18.9 Å². The number of rotatable bonds is 1. The van der Waals surface area contributed by atoms with E-state index in [-0.39, 0.29) is 30.9 Å². The summed E-state index contributed by atoms with van der Waals surface area (Å²) in [5.74, 6) is 0. The summed E-state index contributed by atoms with van der Waals surface area (Å²) in [7, 11) is 0. The van der Waals surface area contributed by atoms with Crippen LogP contribution in [0.25, 0.3) is 0 Å². The van der Waals surface area contributed by atoms with Crippen LogP contribution >= 0.6 is 0 Å². The Labute approximate surface area is 93.1 Å². The molecule has 3 heterocycles. The predicted octanol–water partition coefficient (Wildman–Crippen LogP) is 1.22. The van der Waals surface area contributed by atoms with Gasteiger partial charge in [0.1, 0.15) is 18.3 Å². The van der Waals surface area contributed by atoms with Gasteiger partial charge >= 0.3 is 0 Å². The van der Waals surface area contributed by atoms with Gasteiger partial charge in [-0.05, 0) is 0 Å². The molecule has 5 atom stereocenters. The Morgan fingerprint density at radius 3 is 2.56 bits per heavy atom. The maximum Gasteiger partial charge on any atom is 0.187 e. The lowest BCUT2D eigenvalue weighted by atomic mass is 10.1. The van der Waals surface area contributed by atoms with Crippen molar-refractivity contribution in [3.05, 3.63) is 35.9 Å². The zero-order valence-electron chi connectivity index (χ0n) is 8.61. The molecule has 2 bridgehead atoms. The van der Waals surface area contributed by atoms with E-state index in [1.165, 1.54) is 0 Å². The molecule has 0 aromatic heterocycles. The summed E-state index contributed by atoms with van der Waals surface area (Å²) in [6.07, 6.45) is -0.493. The summed E-state index contributed by atoms with van der Waals surface area (Å²) in [6.45, 7) is 0.622. The van der Waals surface area contributed by atoms with Gasteiger partial charge in [-0.1, -0.05) is 30.3 Å². The summed E-state index contributed by atoms with van der Waals surface area (Å²) in [5, 5.41) is 0. The van der Waals surface area contributed by atoms with Gasteiger partial charge in [-0.3, -0.25) is 0 Å². The molecule has 0 spiro atoms. The van der Waals surface area contributed by atoms with E-state index in [0.29, 0.717) is 6.61 Å². The van der Waals surface area contributed by atoms with Crippen LogP contribution in [0.5, 0.6) is 0 Å². The van der Waals surface area contributed by atoms with E-state index >= 15 is 0 Å². The number of fused-ring (bicyclic) bond motifs is 5. The Balaban J connectivity index is 1.59. The van der Waals surface area contributed by atoms with E-state index in [1.54, 1.807) is 0 Å². The first kappa shape index (κ1) is 9.13. The Hall–Kier alpha value is -0.940. The van der Waals surface area contributed by atoms with E-state index in [1.807, 2.05) is 30.3 Å². The zero-order valence-corrected chi connectivity index (χ0v) is 8.61. The van der Waals surface area contributed by atoms with Crippen LogP contribution in [0.4, 0.5) is 0 Å². The molecule has 84 valence electrons. The molecular weight excluding hydrogens is 208 g/mol. The highest BCUT2D eigenvalue weighted by atomic mass is 16.8. The molecule has 5 unspecified atom stereocenters. The van der Waals surface area contributed by atoms with Gasteiger partial charge in [0.25, 0.3) is 0 Å². The second-order valence-electron chi connectivity index (χ2n) is 4.32. The minimum absolute atomic E-state index is 0.0314. The van der Waals surface area contributed by atoms with Crippen molar-refractivity contribution in [1.82, 2.24) is 0 Å². The van der Waals surface area contributed by atoms with E-state index in [2.05, 4.69) is 0 Å². The van der Waals surface area contributed by atoms with Crippen molar-refractivity contribution in [2.75, 3.05) is 6.61 Å². The van der Waals surface area contributed by atoms with Crippen LogP contribution < -0.4 is 0 Å². The second kappa shape index (κ2) is 3.28. The number of benzene rings is 1. The molecule has 0 amide bonds. The Bertz CT molecular complexity index is 375. The Morgan fingerprint density at radius 1 is 0.938 bits per heavy atom. The summed E-state index contributed by atoms with van der Waals surface area (Å²) < 4.78 is 22.7. The summed E-state index contributed by atoms with van der Waals surface area (Å²) in [6, 6.07) is 9.97. The first-order chi connectivity index (χ1) is 7.92. The minimum Gasteiger partial charge on any atom is -0.347 e. The highest BCUT2D eigenvalue weighted by Gasteiger charge is 2.57. The highest BCUT2D eigenvalue weighted by molar-refractivity contribution is 5.17. The van der Waals surface area contributed by atoms with E-state index < -0.39 is 0 Å². The van der Waals surface area contributed by atoms with Gasteiger partial charge in [-0.25, -0.2) is 0 Å². The van der Waals surface area contributed by atoms with Crippen molar-refractivity contribution in [2.45, 2.75) is 30.9 Å². The molecule has 0 N–H and O–H groups in total. The lowest BCUT2D eigenvalue weighted by Gasteiger charge is -2.17. The Morgan fingerprint density at radius 2 is 1.75 bits per heavy atom. The van der Waals surface area contributed by atoms with Crippen molar-refractivity contribution < 1.29 is 18.9 Å². The highest BCUT2D eigenvalue weighted by Crippen LogP contribution is 2.43. The minimum atomic E-state index is -0.271. The van der Waals surface area contributed by atoms with Crippen LogP contribution in [-0.4, -0.2) is 31.2 Å². The van der Waals surface area contributed by atoms with Crippen LogP contribution in [0.15, 0.2) is 30.3 Å². The van der Waals surface area contributed by atoms with Crippen LogP contribution in [0.1, 0.15) is 11.9 Å². The van der Waals surface area contributed by atoms with Gasteiger partial charge in [0.15, 0.2) is 12.6 Å². The van der Waals surface area contributed by atoms with Gasteiger partial charge in [0.2, 0.25) is 0 Å². The smallest absolute Gasteiger partial charge is 0.187 e. The van der Waals surface area contributed by atoms with Crippen LogP contribution in [0.2, 0.25) is 0 Å². The maximum atomic E-state index is 5.88. The Kier molecular flexibility index (Phi) is 1.87. The number of ether oxygens (including phenoxy) is 4. The fourth-order valence-corrected chi connectivity index (χ4v) is 2.54. The largest absolute Gasteiger partial charge is 0.347 e. The van der Waals surface area contributed by atoms with E-state index in [0.717, 1.165) is 5.56 Å². The van der Waals surface area contributed by atoms with Crippen LogP contribution in [0.3, 0.4) is 0 Å². The van der Waals surface area contributed by atoms with Crippen molar-refractivity contribution >= 4 is 0 Å². The lowest BCUT2D eigenvalue weighted by molar-refractivity contribution is -0.147.